The average Bonchev–Trinajstić information content (AvgIpc) is 3.03. The summed E-state index contributed by atoms with van der Waals surface area (Å²) in [6.45, 7) is 9.58. The van der Waals surface area contributed by atoms with Crippen LogP contribution in [0.1, 0.15) is 34.8 Å². The Hall–Kier alpha value is -1.10. The van der Waals surface area contributed by atoms with E-state index in [1.54, 1.807) is 0 Å². The molecule has 2 heterocycles. The first kappa shape index (κ1) is 16.3. The second kappa shape index (κ2) is 7.25. The van der Waals surface area contributed by atoms with Crippen LogP contribution < -0.4 is 5.32 Å². The molecule has 0 saturated heterocycles. The van der Waals surface area contributed by atoms with Crippen LogP contribution in [-0.4, -0.2) is 30.1 Å². The molecule has 0 aliphatic rings. The molecule has 2 aromatic rings. The van der Waals surface area contributed by atoms with Crippen molar-refractivity contribution in [3.63, 3.8) is 0 Å². The number of nitrogens with zero attached hydrogens (tertiary/aromatic N) is 2. The Bertz CT molecular complexity index is 555. The SMILES string of the molecule is CCn1c(C)cc(CNCC(c2cccs2)N(C)C)c1C. The Labute approximate surface area is 132 Å². The minimum absolute atomic E-state index is 0.444. The molecule has 1 atom stereocenters. The summed E-state index contributed by atoms with van der Waals surface area (Å²) in [6.07, 6.45) is 0. The molecule has 0 aromatic carbocycles. The van der Waals surface area contributed by atoms with Crippen molar-refractivity contribution in [3.8, 4) is 0 Å². The maximum Gasteiger partial charge on any atom is 0.0561 e. The second-order valence-corrected chi connectivity index (χ2v) is 6.75. The third kappa shape index (κ3) is 3.76. The van der Waals surface area contributed by atoms with Crippen molar-refractivity contribution >= 4 is 11.3 Å². The zero-order valence-electron chi connectivity index (χ0n) is 13.8. The van der Waals surface area contributed by atoms with E-state index in [2.05, 4.69) is 73.2 Å². The quantitative estimate of drug-likeness (QED) is 0.844. The van der Waals surface area contributed by atoms with Crippen molar-refractivity contribution in [2.45, 2.75) is 39.9 Å². The highest BCUT2D eigenvalue weighted by Crippen LogP contribution is 2.22. The van der Waals surface area contributed by atoms with E-state index in [1.165, 1.54) is 21.8 Å². The molecule has 0 bridgehead atoms. The Kier molecular flexibility index (Phi) is 5.62. The normalized spacial score (nSPS) is 13.0. The van der Waals surface area contributed by atoms with Gasteiger partial charge in [-0.15, -0.1) is 11.3 Å². The molecule has 0 aliphatic carbocycles. The highest BCUT2D eigenvalue weighted by atomic mass is 32.1. The van der Waals surface area contributed by atoms with E-state index in [4.69, 9.17) is 0 Å². The fraction of sp³-hybridized carbons (Fsp3) is 0.529. The average molecular weight is 305 g/mol. The van der Waals surface area contributed by atoms with Crippen LogP contribution in [0.15, 0.2) is 23.6 Å². The molecule has 0 fully saturated rings. The molecule has 0 aliphatic heterocycles. The summed E-state index contributed by atoms with van der Waals surface area (Å²) < 4.78 is 2.37. The maximum absolute atomic E-state index is 3.63. The third-order valence-corrected chi connectivity index (χ3v) is 5.12. The summed E-state index contributed by atoms with van der Waals surface area (Å²) >= 11 is 1.83. The van der Waals surface area contributed by atoms with E-state index in [-0.39, 0.29) is 0 Å². The van der Waals surface area contributed by atoms with Gasteiger partial charge in [-0.05, 0) is 57.9 Å². The molecule has 2 aromatic heterocycles. The summed E-state index contributed by atoms with van der Waals surface area (Å²) in [4.78, 5) is 3.71. The van der Waals surface area contributed by atoms with Gasteiger partial charge in [-0.1, -0.05) is 6.07 Å². The van der Waals surface area contributed by atoms with Crippen molar-refractivity contribution < 1.29 is 0 Å². The van der Waals surface area contributed by atoms with E-state index in [1.807, 2.05) is 11.3 Å². The van der Waals surface area contributed by atoms with Gasteiger partial charge in [0.1, 0.15) is 0 Å². The highest BCUT2D eigenvalue weighted by molar-refractivity contribution is 7.10. The van der Waals surface area contributed by atoms with Crippen molar-refractivity contribution in [1.29, 1.82) is 0 Å². The fourth-order valence-electron chi connectivity index (χ4n) is 2.90. The van der Waals surface area contributed by atoms with Crippen molar-refractivity contribution in [3.05, 3.63) is 45.4 Å². The molecular formula is C17H27N3S. The molecule has 1 N–H and O–H groups in total. The summed E-state index contributed by atoms with van der Waals surface area (Å²) in [5, 5.41) is 5.78. The fourth-order valence-corrected chi connectivity index (χ4v) is 3.82. The van der Waals surface area contributed by atoms with E-state index in [9.17, 15) is 0 Å². The third-order valence-electron chi connectivity index (χ3n) is 4.14. The zero-order valence-corrected chi connectivity index (χ0v) is 14.6. The molecule has 2 rings (SSSR count). The van der Waals surface area contributed by atoms with Crippen molar-refractivity contribution in [1.82, 2.24) is 14.8 Å². The smallest absolute Gasteiger partial charge is 0.0561 e. The molecule has 0 amide bonds. The predicted octanol–water partition coefficient (Wildman–Crippen LogP) is 3.58. The van der Waals surface area contributed by atoms with Gasteiger partial charge in [0, 0.05) is 35.9 Å². The molecule has 3 nitrogen and oxygen atoms in total. The van der Waals surface area contributed by atoms with Gasteiger partial charge in [0.15, 0.2) is 0 Å². The summed E-state index contributed by atoms with van der Waals surface area (Å²) in [5.74, 6) is 0. The number of nitrogens with one attached hydrogen (secondary N) is 1. The van der Waals surface area contributed by atoms with E-state index in [0.29, 0.717) is 6.04 Å². The minimum atomic E-state index is 0.444. The first-order chi connectivity index (χ1) is 10.0. The number of hydrogen-bond acceptors (Lipinski definition) is 3. The molecule has 0 radical (unpaired) electrons. The van der Waals surface area contributed by atoms with Crippen LogP contribution in [-0.2, 0) is 13.1 Å². The number of aryl methyl sites for hydroxylation is 1. The Morgan fingerprint density at radius 3 is 2.62 bits per heavy atom. The number of likely N-dealkylation sites (N-methyl/N-ethyl adjacent to an activating group) is 1. The highest BCUT2D eigenvalue weighted by Gasteiger charge is 2.15. The van der Waals surface area contributed by atoms with Crippen molar-refractivity contribution in [2.24, 2.45) is 0 Å². The first-order valence-electron chi connectivity index (χ1n) is 7.60. The van der Waals surface area contributed by atoms with Gasteiger partial charge in [0.2, 0.25) is 0 Å². The molecule has 116 valence electrons. The van der Waals surface area contributed by atoms with Gasteiger partial charge in [-0.3, -0.25) is 0 Å². The molecule has 0 spiro atoms. The van der Waals surface area contributed by atoms with Crippen LogP contribution in [0.5, 0.6) is 0 Å². The van der Waals surface area contributed by atoms with E-state index >= 15 is 0 Å². The topological polar surface area (TPSA) is 20.2 Å². The Morgan fingerprint density at radius 1 is 1.33 bits per heavy atom. The largest absolute Gasteiger partial charge is 0.349 e. The van der Waals surface area contributed by atoms with Gasteiger partial charge in [0.05, 0.1) is 6.04 Å². The maximum atomic E-state index is 3.63. The monoisotopic (exact) mass is 305 g/mol. The van der Waals surface area contributed by atoms with E-state index < -0.39 is 0 Å². The number of aromatic nitrogens is 1. The van der Waals surface area contributed by atoms with Crippen LogP contribution in [0.2, 0.25) is 0 Å². The second-order valence-electron chi connectivity index (χ2n) is 5.77. The molecule has 1 unspecified atom stereocenters. The number of thiophene rings is 1. The standard InChI is InChI=1S/C17H27N3S/c1-6-20-13(2)10-15(14(20)3)11-18-12-16(19(4)5)17-8-7-9-21-17/h7-10,16,18H,6,11-12H2,1-5H3. The van der Waals surface area contributed by atoms with Gasteiger partial charge in [-0.25, -0.2) is 0 Å². The van der Waals surface area contributed by atoms with Gasteiger partial charge >= 0.3 is 0 Å². The van der Waals surface area contributed by atoms with E-state index in [0.717, 1.165) is 19.6 Å². The van der Waals surface area contributed by atoms with Crippen LogP contribution in [0.4, 0.5) is 0 Å². The van der Waals surface area contributed by atoms with Crippen LogP contribution in [0, 0.1) is 13.8 Å². The Balaban J connectivity index is 1.97. The predicted molar refractivity (Wildman–Crippen MR) is 92.0 cm³/mol. The molecule has 4 heteroatoms. The zero-order chi connectivity index (χ0) is 15.4. The first-order valence-corrected chi connectivity index (χ1v) is 8.48. The molecule has 0 saturated carbocycles. The van der Waals surface area contributed by atoms with Crippen molar-refractivity contribution in [2.75, 3.05) is 20.6 Å². The van der Waals surface area contributed by atoms with Gasteiger partial charge in [0.25, 0.3) is 0 Å². The summed E-state index contributed by atoms with van der Waals surface area (Å²) in [6, 6.07) is 7.10. The van der Waals surface area contributed by atoms with Gasteiger partial charge < -0.3 is 14.8 Å². The Morgan fingerprint density at radius 2 is 2.10 bits per heavy atom. The van der Waals surface area contributed by atoms with Crippen LogP contribution in [0.3, 0.4) is 0 Å². The number of hydrogen-bond donors (Lipinski definition) is 1. The summed E-state index contributed by atoms with van der Waals surface area (Å²) in [5.41, 5.74) is 4.16. The van der Waals surface area contributed by atoms with Gasteiger partial charge in [-0.2, -0.15) is 0 Å². The lowest BCUT2D eigenvalue weighted by molar-refractivity contribution is 0.292. The lowest BCUT2D eigenvalue weighted by Crippen LogP contribution is -2.30. The lowest BCUT2D eigenvalue weighted by atomic mass is 10.2. The molecular weight excluding hydrogens is 278 g/mol. The lowest BCUT2D eigenvalue weighted by Gasteiger charge is -2.23. The number of rotatable bonds is 7. The minimum Gasteiger partial charge on any atom is -0.349 e. The molecule has 21 heavy (non-hydrogen) atoms. The van der Waals surface area contributed by atoms with Crippen LogP contribution >= 0.6 is 11.3 Å². The van der Waals surface area contributed by atoms with Crippen LogP contribution in [0.25, 0.3) is 0 Å². The summed E-state index contributed by atoms with van der Waals surface area (Å²) in [7, 11) is 4.30.